The molecule has 0 unspecified atom stereocenters. The third kappa shape index (κ3) is 1.95. The van der Waals surface area contributed by atoms with Crippen molar-refractivity contribution in [2.75, 3.05) is 0 Å². The lowest BCUT2D eigenvalue weighted by Crippen LogP contribution is -1.89. The van der Waals surface area contributed by atoms with Gasteiger partial charge in [-0.3, -0.25) is 4.98 Å². The Balaban J connectivity index is 2.06. The maximum absolute atomic E-state index is 4.59. The zero-order valence-electron chi connectivity index (χ0n) is 9.17. The lowest BCUT2D eigenvalue weighted by atomic mass is 10.2. The fraction of sp³-hybridized carbons (Fsp3) is 0. The summed E-state index contributed by atoms with van der Waals surface area (Å²) in [4.78, 5) is 12.0. The van der Waals surface area contributed by atoms with E-state index in [1.165, 1.54) is 0 Å². The summed E-state index contributed by atoms with van der Waals surface area (Å²) < 4.78 is 0. The van der Waals surface area contributed by atoms with Crippen molar-refractivity contribution in [1.82, 2.24) is 15.0 Å². The Bertz CT molecular complexity index is 600. The van der Waals surface area contributed by atoms with Crippen LogP contribution in [0.15, 0.2) is 60.9 Å². The molecule has 0 aromatic carbocycles. The van der Waals surface area contributed by atoms with Crippen LogP contribution in [0.3, 0.4) is 0 Å². The van der Waals surface area contributed by atoms with E-state index in [9.17, 15) is 0 Å². The summed E-state index contributed by atoms with van der Waals surface area (Å²) in [5.41, 5.74) is 3.72. The predicted octanol–water partition coefficient (Wildman–Crippen LogP) is 3.14. The average molecular weight is 221 g/mol. The lowest BCUT2D eigenvalue weighted by Gasteiger charge is -2.02. The summed E-state index contributed by atoms with van der Waals surface area (Å²) in [5, 5.41) is 0. The van der Waals surface area contributed by atoms with Crippen LogP contribution in [-0.4, -0.2) is 15.0 Å². The molecule has 82 valence electrons. The van der Waals surface area contributed by atoms with Crippen molar-refractivity contribution >= 4 is 0 Å². The highest BCUT2D eigenvalue weighted by Crippen LogP contribution is 2.19. The van der Waals surface area contributed by atoms with Crippen LogP contribution in [0, 0.1) is 0 Å². The van der Waals surface area contributed by atoms with Crippen molar-refractivity contribution in [3.8, 4) is 22.8 Å². The van der Waals surface area contributed by atoms with Crippen LogP contribution < -0.4 is 0 Å². The Labute approximate surface area is 99.2 Å². The third-order valence-electron chi connectivity index (χ3n) is 2.55. The van der Waals surface area contributed by atoms with Gasteiger partial charge in [-0.25, -0.2) is 4.98 Å². The van der Waals surface area contributed by atoms with E-state index in [1.54, 1.807) is 6.20 Å². The SMILES string of the molecule is c1ccc(-c2cccc(-c3ccc[nH]3)n2)nc1. The van der Waals surface area contributed by atoms with Gasteiger partial charge in [0.1, 0.15) is 0 Å². The fourth-order valence-electron chi connectivity index (χ4n) is 1.73. The minimum atomic E-state index is 0.887. The van der Waals surface area contributed by atoms with Crippen molar-refractivity contribution in [3.63, 3.8) is 0 Å². The molecule has 0 aliphatic heterocycles. The largest absolute Gasteiger partial charge is 0.360 e. The normalized spacial score (nSPS) is 10.4. The molecule has 0 aliphatic carbocycles. The molecule has 3 aromatic heterocycles. The summed E-state index contributed by atoms with van der Waals surface area (Å²) in [6.07, 6.45) is 3.67. The van der Waals surface area contributed by atoms with E-state index in [4.69, 9.17) is 0 Å². The molecule has 17 heavy (non-hydrogen) atoms. The lowest BCUT2D eigenvalue weighted by molar-refractivity contribution is 1.23. The second-order valence-electron chi connectivity index (χ2n) is 3.71. The van der Waals surface area contributed by atoms with Crippen LogP contribution in [0.2, 0.25) is 0 Å². The minimum absolute atomic E-state index is 0.887. The van der Waals surface area contributed by atoms with Crippen molar-refractivity contribution in [2.45, 2.75) is 0 Å². The number of hydrogen-bond donors (Lipinski definition) is 1. The Kier molecular flexibility index (Phi) is 2.43. The predicted molar refractivity (Wildman–Crippen MR) is 67.3 cm³/mol. The molecule has 0 atom stereocenters. The molecule has 0 bridgehead atoms. The monoisotopic (exact) mass is 221 g/mol. The summed E-state index contributed by atoms with van der Waals surface area (Å²) in [6, 6.07) is 15.7. The van der Waals surface area contributed by atoms with Gasteiger partial charge in [-0.1, -0.05) is 12.1 Å². The first-order valence-corrected chi connectivity index (χ1v) is 5.46. The molecule has 3 aromatic rings. The number of aromatic amines is 1. The molecular formula is C14H11N3. The Hall–Kier alpha value is -2.42. The highest BCUT2D eigenvalue weighted by molar-refractivity contribution is 5.61. The minimum Gasteiger partial charge on any atom is -0.360 e. The zero-order chi connectivity index (χ0) is 11.5. The van der Waals surface area contributed by atoms with Crippen LogP contribution in [0.1, 0.15) is 0 Å². The number of H-pyrrole nitrogens is 1. The van der Waals surface area contributed by atoms with Crippen LogP contribution >= 0.6 is 0 Å². The Morgan fingerprint density at radius 2 is 1.65 bits per heavy atom. The van der Waals surface area contributed by atoms with Crippen molar-refractivity contribution in [1.29, 1.82) is 0 Å². The standard InChI is InChI=1S/C14H11N3/c1-2-9-15-11(5-1)13-6-3-7-14(17-13)12-8-4-10-16-12/h1-10,16H. The molecule has 3 heterocycles. The van der Waals surface area contributed by atoms with E-state index in [0.717, 1.165) is 22.8 Å². The molecule has 0 saturated carbocycles. The van der Waals surface area contributed by atoms with E-state index >= 15 is 0 Å². The van der Waals surface area contributed by atoms with Gasteiger partial charge in [-0.2, -0.15) is 0 Å². The number of rotatable bonds is 2. The summed E-state index contributed by atoms with van der Waals surface area (Å²) in [5.74, 6) is 0. The molecule has 0 amide bonds. The molecule has 3 heteroatoms. The Morgan fingerprint density at radius 1 is 0.765 bits per heavy atom. The van der Waals surface area contributed by atoms with Gasteiger partial charge in [0, 0.05) is 12.4 Å². The molecule has 3 nitrogen and oxygen atoms in total. The molecule has 0 saturated heterocycles. The second-order valence-corrected chi connectivity index (χ2v) is 3.71. The van der Waals surface area contributed by atoms with Crippen LogP contribution in [0.4, 0.5) is 0 Å². The van der Waals surface area contributed by atoms with Crippen LogP contribution in [0.5, 0.6) is 0 Å². The van der Waals surface area contributed by atoms with E-state index < -0.39 is 0 Å². The smallest absolute Gasteiger partial charge is 0.0894 e. The van der Waals surface area contributed by atoms with Gasteiger partial charge < -0.3 is 4.98 Å². The molecule has 0 radical (unpaired) electrons. The zero-order valence-corrected chi connectivity index (χ0v) is 9.17. The summed E-state index contributed by atoms with van der Waals surface area (Å²) in [7, 11) is 0. The van der Waals surface area contributed by atoms with Gasteiger partial charge in [0.2, 0.25) is 0 Å². The first-order valence-electron chi connectivity index (χ1n) is 5.46. The van der Waals surface area contributed by atoms with Gasteiger partial charge >= 0.3 is 0 Å². The number of aromatic nitrogens is 3. The van der Waals surface area contributed by atoms with Gasteiger partial charge in [0.25, 0.3) is 0 Å². The van der Waals surface area contributed by atoms with Gasteiger partial charge in [0.15, 0.2) is 0 Å². The molecule has 1 N–H and O–H groups in total. The summed E-state index contributed by atoms with van der Waals surface area (Å²) >= 11 is 0. The van der Waals surface area contributed by atoms with Crippen molar-refractivity contribution in [3.05, 3.63) is 60.9 Å². The topological polar surface area (TPSA) is 41.6 Å². The van der Waals surface area contributed by atoms with Crippen LogP contribution in [0.25, 0.3) is 22.8 Å². The maximum atomic E-state index is 4.59. The second kappa shape index (κ2) is 4.22. The molecule has 0 aliphatic rings. The number of pyridine rings is 2. The first-order chi connectivity index (χ1) is 8.43. The average Bonchev–Trinajstić information content (AvgIpc) is 2.94. The van der Waals surface area contributed by atoms with Gasteiger partial charge in [-0.05, 0) is 36.4 Å². The van der Waals surface area contributed by atoms with E-state index in [1.807, 2.05) is 54.7 Å². The third-order valence-corrected chi connectivity index (χ3v) is 2.55. The number of nitrogens with one attached hydrogen (secondary N) is 1. The Morgan fingerprint density at radius 3 is 2.41 bits per heavy atom. The molecule has 0 spiro atoms. The number of nitrogens with zero attached hydrogens (tertiary/aromatic N) is 2. The fourth-order valence-corrected chi connectivity index (χ4v) is 1.73. The maximum Gasteiger partial charge on any atom is 0.0894 e. The summed E-state index contributed by atoms with van der Waals surface area (Å²) in [6.45, 7) is 0. The van der Waals surface area contributed by atoms with Crippen LogP contribution in [-0.2, 0) is 0 Å². The van der Waals surface area contributed by atoms with Gasteiger partial charge in [-0.15, -0.1) is 0 Å². The highest BCUT2D eigenvalue weighted by Gasteiger charge is 2.03. The molecule has 3 rings (SSSR count). The van der Waals surface area contributed by atoms with Gasteiger partial charge in [0.05, 0.1) is 22.8 Å². The van der Waals surface area contributed by atoms with E-state index in [2.05, 4.69) is 15.0 Å². The molecular weight excluding hydrogens is 210 g/mol. The quantitative estimate of drug-likeness (QED) is 0.722. The number of hydrogen-bond acceptors (Lipinski definition) is 2. The van der Waals surface area contributed by atoms with Crippen molar-refractivity contribution < 1.29 is 0 Å². The van der Waals surface area contributed by atoms with Crippen molar-refractivity contribution in [2.24, 2.45) is 0 Å². The first kappa shape index (κ1) is 9.78. The van der Waals surface area contributed by atoms with E-state index in [-0.39, 0.29) is 0 Å². The molecule has 0 fully saturated rings. The highest BCUT2D eigenvalue weighted by atomic mass is 14.8. The van der Waals surface area contributed by atoms with E-state index in [0.29, 0.717) is 0 Å².